The first-order valence-corrected chi connectivity index (χ1v) is 6.09. The second-order valence-corrected chi connectivity index (χ2v) is 5.61. The van der Waals surface area contributed by atoms with Crippen molar-refractivity contribution in [3.05, 3.63) is 28.3 Å². The molecule has 1 aliphatic rings. The number of hydrogen-bond donors (Lipinski definition) is 0. The number of hydrogen-bond acceptors (Lipinski definition) is 2. The van der Waals surface area contributed by atoms with Gasteiger partial charge in [-0.1, -0.05) is 13.8 Å². The topological polar surface area (TPSA) is 26.3 Å². The number of Topliss-reactive ketones (excluding diaryl/α,β-unsaturated/α-hetero) is 1. The summed E-state index contributed by atoms with van der Waals surface area (Å²) in [4.78, 5) is 11.7. The molecule has 0 saturated carbocycles. The Labute approximate surface area is 103 Å². The maximum absolute atomic E-state index is 11.7. The van der Waals surface area contributed by atoms with E-state index in [2.05, 4.69) is 20.8 Å². The average Bonchev–Trinajstić information content (AvgIpc) is 2.44. The Morgan fingerprint density at radius 2 is 1.94 bits per heavy atom. The Kier molecular flexibility index (Phi) is 2.57. The molecule has 0 fully saturated rings. The van der Waals surface area contributed by atoms with Gasteiger partial charge in [-0.05, 0) is 44.9 Å². The predicted octanol–water partition coefficient (Wildman–Crippen LogP) is 3.56. The van der Waals surface area contributed by atoms with Crippen molar-refractivity contribution in [3.63, 3.8) is 0 Å². The highest BCUT2D eigenvalue weighted by Gasteiger charge is 2.41. The zero-order chi connectivity index (χ0) is 13.0. The predicted molar refractivity (Wildman–Crippen MR) is 69.0 cm³/mol. The highest BCUT2D eigenvalue weighted by Crippen LogP contribution is 2.47. The summed E-state index contributed by atoms with van der Waals surface area (Å²) < 4.78 is 5.96. The molecule has 0 bridgehead atoms. The molecule has 0 radical (unpaired) electrons. The van der Waals surface area contributed by atoms with E-state index in [1.165, 1.54) is 5.56 Å². The standard InChI is InChI=1S/C15H20O2/c1-8-7-12(10(3)16)9(2)13-14(8)17-11(4)15(13,5)6/h7,11H,1-6H3. The third-order valence-electron chi connectivity index (χ3n) is 4.06. The zero-order valence-electron chi connectivity index (χ0n) is 11.5. The van der Waals surface area contributed by atoms with Gasteiger partial charge in [0.1, 0.15) is 11.9 Å². The molecule has 1 atom stereocenters. The number of aryl methyl sites for hydroxylation is 1. The van der Waals surface area contributed by atoms with Gasteiger partial charge in [0.2, 0.25) is 0 Å². The largest absolute Gasteiger partial charge is 0.489 e. The van der Waals surface area contributed by atoms with E-state index in [-0.39, 0.29) is 17.3 Å². The van der Waals surface area contributed by atoms with Crippen LogP contribution in [0.2, 0.25) is 0 Å². The lowest BCUT2D eigenvalue weighted by atomic mass is 9.77. The van der Waals surface area contributed by atoms with Crippen LogP contribution < -0.4 is 4.74 Å². The van der Waals surface area contributed by atoms with Gasteiger partial charge < -0.3 is 4.74 Å². The number of fused-ring (bicyclic) bond motifs is 1. The molecule has 0 amide bonds. The van der Waals surface area contributed by atoms with Gasteiger partial charge in [0.05, 0.1) is 0 Å². The van der Waals surface area contributed by atoms with Crippen LogP contribution in [0.25, 0.3) is 0 Å². The van der Waals surface area contributed by atoms with Crippen LogP contribution >= 0.6 is 0 Å². The molecule has 1 heterocycles. The lowest BCUT2D eigenvalue weighted by molar-refractivity contribution is 0.101. The molecule has 0 aliphatic carbocycles. The van der Waals surface area contributed by atoms with E-state index < -0.39 is 0 Å². The Morgan fingerprint density at radius 3 is 2.47 bits per heavy atom. The second-order valence-electron chi connectivity index (χ2n) is 5.61. The van der Waals surface area contributed by atoms with Gasteiger partial charge in [-0.3, -0.25) is 4.79 Å². The fourth-order valence-corrected chi connectivity index (χ4v) is 2.71. The van der Waals surface area contributed by atoms with Crippen molar-refractivity contribution in [3.8, 4) is 5.75 Å². The highest BCUT2D eigenvalue weighted by molar-refractivity contribution is 5.96. The van der Waals surface area contributed by atoms with E-state index in [1.807, 2.05) is 19.9 Å². The highest BCUT2D eigenvalue weighted by atomic mass is 16.5. The molecule has 2 heteroatoms. The minimum atomic E-state index is -0.0321. The summed E-state index contributed by atoms with van der Waals surface area (Å²) in [6.07, 6.45) is 0.150. The lowest BCUT2D eigenvalue weighted by Gasteiger charge is -2.24. The SMILES string of the molecule is CC(=O)c1cc(C)c2c(c1C)C(C)(C)C(C)O2. The number of carbonyl (C=O) groups is 1. The van der Waals surface area contributed by atoms with E-state index >= 15 is 0 Å². The zero-order valence-corrected chi connectivity index (χ0v) is 11.5. The van der Waals surface area contributed by atoms with E-state index in [9.17, 15) is 4.79 Å². The molecule has 0 saturated heterocycles. The first-order chi connectivity index (χ1) is 7.76. The number of ketones is 1. The Morgan fingerprint density at radius 1 is 1.35 bits per heavy atom. The van der Waals surface area contributed by atoms with Crippen LogP contribution in [0.3, 0.4) is 0 Å². The summed E-state index contributed by atoms with van der Waals surface area (Å²) in [6.45, 7) is 12.1. The molecule has 0 spiro atoms. The molecule has 0 aromatic heterocycles. The van der Waals surface area contributed by atoms with Gasteiger partial charge >= 0.3 is 0 Å². The second kappa shape index (κ2) is 3.59. The molecular weight excluding hydrogens is 212 g/mol. The first-order valence-electron chi connectivity index (χ1n) is 6.09. The number of benzene rings is 1. The maximum Gasteiger partial charge on any atom is 0.160 e. The fourth-order valence-electron chi connectivity index (χ4n) is 2.71. The third kappa shape index (κ3) is 1.58. The summed E-state index contributed by atoms with van der Waals surface area (Å²) in [6, 6.07) is 1.95. The Balaban J connectivity index is 2.77. The maximum atomic E-state index is 11.7. The Bertz CT molecular complexity index is 498. The smallest absolute Gasteiger partial charge is 0.160 e. The fraction of sp³-hybridized carbons (Fsp3) is 0.533. The van der Waals surface area contributed by atoms with Crippen LogP contribution in [-0.4, -0.2) is 11.9 Å². The molecule has 0 N–H and O–H groups in total. The van der Waals surface area contributed by atoms with Gasteiger partial charge in [0, 0.05) is 16.5 Å². The van der Waals surface area contributed by atoms with E-state index in [1.54, 1.807) is 6.92 Å². The van der Waals surface area contributed by atoms with Gasteiger partial charge in [-0.2, -0.15) is 0 Å². The third-order valence-corrected chi connectivity index (χ3v) is 4.06. The van der Waals surface area contributed by atoms with Crippen molar-refractivity contribution in [1.29, 1.82) is 0 Å². The molecule has 1 aliphatic heterocycles. The normalized spacial score (nSPS) is 20.9. The van der Waals surface area contributed by atoms with Gasteiger partial charge in [0.15, 0.2) is 5.78 Å². The van der Waals surface area contributed by atoms with Crippen molar-refractivity contribution < 1.29 is 9.53 Å². The summed E-state index contributed by atoms with van der Waals surface area (Å²) in [5, 5.41) is 0. The first kappa shape index (κ1) is 12.2. The molecule has 1 aromatic rings. The van der Waals surface area contributed by atoms with Gasteiger partial charge in [0.25, 0.3) is 0 Å². The van der Waals surface area contributed by atoms with Gasteiger partial charge in [-0.25, -0.2) is 0 Å². The van der Waals surface area contributed by atoms with Crippen LogP contribution in [0.15, 0.2) is 6.07 Å². The summed E-state index contributed by atoms with van der Waals surface area (Å²) in [5.41, 5.74) is 4.14. The monoisotopic (exact) mass is 232 g/mol. The van der Waals surface area contributed by atoms with Crippen molar-refractivity contribution in [2.45, 2.75) is 53.1 Å². The van der Waals surface area contributed by atoms with Crippen molar-refractivity contribution in [2.75, 3.05) is 0 Å². The molecule has 92 valence electrons. The van der Waals surface area contributed by atoms with Crippen molar-refractivity contribution in [2.24, 2.45) is 0 Å². The van der Waals surface area contributed by atoms with E-state index in [0.717, 1.165) is 22.4 Å². The van der Waals surface area contributed by atoms with Crippen LogP contribution in [0, 0.1) is 13.8 Å². The number of ether oxygens (including phenoxy) is 1. The summed E-state index contributed by atoms with van der Waals surface area (Å²) in [7, 11) is 0. The quantitative estimate of drug-likeness (QED) is 0.692. The minimum absolute atomic E-state index is 0.0321. The number of rotatable bonds is 1. The Hall–Kier alpha value is -1.31. The van der Waals surface area contributed by atoms with E-state index in [0.29, 0.717) is 0 Å². The number of carbonyl (C=O) groups excluding carboxylic acids is 1. The molecule has 1 unspecified atom stereocenters. The van der Waals surface area contributed by atoms with Crippen LogP contribution in [-0.2, 0) is 5.41 Å². The van der Waals surface area contributed by atoms with Crippen molar-refractivity contribution >= 4 is 5.78 Å². The molecule has 17 heavy (non-hydrogen) atoms. The average molecular weight is 232 g/mol. The van der Waals surface area contributed by atoms with Crippen LogP contribution in [0.1, 0.15) is 54.7 Å². The van der Waals surface area contributed by atoms with Crippen LogP contribution in [0.5, 0.6) is 5.75 Å². The minimum Gasteiger partial charge on any atom is -0.489 e. The van der Waals surface area contributed by atoms with Crippen molar-refractivity contribution in [1.82, 2.24) is 0 Å². The molecule has 2 rings (SSSR count). The van der Waals surface area contributed by atoms with Gasteiger partial charge in [-0.15, -0.1) is 0 Å². The van der Waals surface area contributed by atoms with E-state index in [4.69, 9.17) is 4.74 Å². The van der Waals surface area contributed by atoms with Crippen LogP contribution in [0.4, 0.5) is 0 Å². The summed E-state index contributed by atoms with van der Waals surface area (Å²) >= 11 is 0. The summed E-state index contributed by atoms with van der Waals surface area (Å²) in [5.74, 6) is 1.11. The lowest BCUT2D eigenvalue weighted by Crippen LogP contribution is -2.29. The molecule has 2 nitrogen and oxygen atoms in total. The molecular formula is C15H20O2. The molecule has 1 aromatic carbocycles.